The highest BCUT2D eigenvalue weighted by Crippen LogP contribution is 2.18. The normalized spacial score (nSPS) is 19.5. The number of aliphatic hydroxyl groups is 2. The van der Waals surface area contributed by atoms with Gasteiger partial charge in [-0.05, 0) is 12.8 Å². The third-order valence-corrected chi connectivity index (χ3v) is 3.59. The SMILES string of the molecule is N[C@@H](CO)C(=O)N1CCC[C@H]1C(=O)NCC(=O)N[C@@H](CO)C(=O)O. The van der Waals surface area contributed by atoms with Gasteiger partial charge in [-0.25, -0.2) is 4.79 Å². The fraction of sp³-hybridized carbons (Fsp3) is 0.692. The van der Waals surface area contributed by atoms with E-state index in [0.717, 1.165) is 0 Å². The molecular formula is C13H22N4O7. The standard InChI is InChI=1S/C13H22N4O7/c14-7(5-18)12(22)17-3-1-2-9(17)11(21)15-4-10(20)16-8(6-19)13(23)24/h7-9,18-19H,1-6,14H2,(H,15,21)(H,16,20)(H,23,24)/t7-,8-,9-/m0/s1. The molecular weight excluding hydrogens is 324 g/mol. The quantitative estimate of drug-likeness (QED) is 0.257. The molecule has 24 heavy (non-hydrogen) atoms. The lowest BCUT2D eigenvalue weighted by atomic mass is 10.2. The van der Waals surface area contributed by atoms with Crippen LogP contribution in [-0.2, 0) is 19.2 Å². The molecule has 1 aliphatic heterocycles. The highest BCUT2D eigenvalue weighted by molar-refractivity contribution is 5.93. The number of nitrogens with one attached hydrogen (secondary N) is 2. The predicted octanol–water partition coefficient (Wildman–Crippen LogP) is -4.03. The third kappa shape index (κ3) is 5.15. The Balaban J connectivity index is 2.53. The second-order valence-corrected chi connectivity index (χ2v) is 5.34. The van der Waals surface area contributed by atoms with Crippen molar-refractivity contribution in [3.8, 4) is 0 Å². The summed E-state index contributed by atoms with van der Waals surface area (Å²) in [4.78, 5) is 47.6. The molecule has 0 aromatic rings. The molecule has 0 radical (unpaired) electrons. The first-order valence-corrected chi connectivity index (χ1v) is 7.39. The summed E-state index contributed by atoms with van der Waals surface area (Å²) in [5.41, 5.74) is 5.46. The number of rotatable bonds is 8. The van der Waals surface area contributed by atoms with Crippen molar-refractivity contribution in [2.24, 2.45) is 5.73 Å². The predicted molar refractivity (Wildman–Crippen MR) is 79.5 cm³/mol. The van der Waals surface area contributed by atoms with E-state index in [1.54, 1.807) is 0 Å². The van der Waals surface area contributed by atoms with Gasteiger partial charge in [-0.1, -0.05) is 0 Å². The number of nitrogens with zero attached hydrogens (tertiary/aromatic N) is 1. The lowest BCUT2D eigenvalue weighted by molar-refractivity contribution is -0.143. The van der Waals surface area contributed by atoms with Crippen LogP contribution in [0.25, 0.3) is 0 Å². The van der Waals surface area contributed by atoms with Gasteiger partial charge in [-0.2, -0.15) is 0 Å². The monoisotopic (exact) mass is 346 g/mol. The number of hydrogen-bond donors (Lipinski definition) is 6. The molecule has 0 bridgehead atoms. The molecule has 7 N–H and O–H groups in total. The number of aliphatic carboxylic acids is 1. The Morgan fingerprint density at radius 1 is 1.21 bits per heavy atom. The van der Waals surface area contributed by atoms with E-state index in [9.17, 15) is 19.2 Å². The minimum absolute atomic E-state index is 0.322. The van der Waals surface area contributed by atoms with E-state index in [1.165, 1.54) is 4.90 Å². The summed E-state index contributed by atoms with van der Waals surface area (Å²) in [6.07, 6.45) is 0.978. The number of carbonyl (C=O) groups is 4. The van der Waals surface area contributed by atoms with Crippen LogP contribution in [-0.4, -0.2) is 88.3 Å². The molecule has 1 saturated heterocycles. The molecule has 11 heteroatoms. The number of amides is 3. The Morgan fingerprint density at radius 3 is 2.42 bits per heavy atom. The summed E-state index contributed by atoms with van der Waals surface area (Å²) in [5, 5.41) is 30.8. The van der Waals surface area contributed by atoms with Crippen molar-refractivity contribution in [1.82, 2.24) is 15.5 Å². The molecule has 0 aliphatic carbocycles. The van der Waals surface area contributed by atoms with Crippen LogP contribution < -0.4 is 16.4 Å². The van der Waals surface area contributed by atoms with Crippen LogP contribution in [0.2, 0.25) is 0 Å². The summed E-state index contributed by atoms with van der Waals surface area (Å²) in [5.74, 6) is -3.31. The first kappa shape index (κ1) is 19.8. The number of aliphatic hydroxyl groups excluding tert-OH is 2. The van der Waals surface area contributed by atoms with E-state index >= 15 is 0 Å². The Kier molecular flexibility index (Phi) is 7.55. The fourth-order valence-corrected chi connectivity index (χ4v) is 2.31. The van der Waals surface area contributed by atoms with Gasteiger partial charge in [0, 0.05) is 6.54 Å². The van der Waals surface area contributed by atoms with Crippen molar-refractivity contribution in [2.45, 2.75) is 31.0 Å². The maximum atomic E-state index is 12.1. The molecule has 136 valence electrons. The Morgan fingerprint density at radius 2 is 1.88 bits per heavy atom. The maximum absolute atomic E-state index is 12.1. The molecule has 3 atom stereocenters. The first-order valence-electron chi connectivity index (χ1n) is 7.39. The number of carboxylic acid groups (broad SMARTS) is 1. The van der Waals surface area contributed by atoms with Crippen molar-refractivity contribution in [1.29, 1.82) is 0 Å². The lowest BCUT2D eigenvalue weighted by Gasteiger charge is -2.26. The van der Waals surface area contributed by atoms with Crippen molar-refractivity contribution in [3.05, 3.63) is 0 Å². The minimum Gasteiger partial charge on any atom is -0.480 e. The topological polar surface area (TPSA) is 182 Å². The van der Waals surface area contributed by atoms with E-state index in [0.29, 0.717) is 19.4 Å². The number of likely N-dealkylation sites (tertiary alicyclic amines) is 1. The Labute approximate surface area is 137 Å². The first-order chi connectivity index (χ1) is 11.3. The van der Waals surface area contributed by atoms with Gasteiger partial charge in [0.2, 0.25) is 17.7 Å². The molecule has 1 aliphatic rings. The van der Waals surface area contributed by atoms with E-state index in [-0.39, 0.29) is 0 Å². The molecule has 0 spiro atoms. The van der Waals surface area contributed by atoms with Gasteiger partial charge in [-0.15, -0.1) is 0 Å². The summed E-state index contributed by atoms with van der Waals surface area (Å²) >= 11 is 0. The molecule has 11 nitrogen and oxygen atoms in total. The highest BCUT2D eigenvalue weighted by atomic mass is 16.4. The molecule has 0 saturated carbocycles. The number of nitrogens with two attached hydrogens (primary N) is 1. The molecule has 3 amide bonds. The molecule has 0 aromatic carbocycles. The lowest BCUT2D eigenvalue weighted by Crippen LogP contribution is -2.53. The van der Waals surface area contributed by atoms with Crippen LogP contribution in [0, 0.1) is 0 Å². The van der Waals surface area contributed by atoms with Gasteiger partial charge >= 0.3 is 5.97 Å². The van der Waals surface area contributed by atoms with Crippen LogP contribution in [0.4, 0.5) is 0 Å². The molecule has 1 rings (SSSR count). The van der Waals surface area contributed by atoms with Crippen molar-refractivity contribution < 1.29 is 34.5 Å². The molecule has 1 heterocycles. The van der Waals surface area contributed by atoms with Gasteiger partial charge < -0.3 is 36.6 Å². The summed E-state index contributed by atoms with van der Waals surface area (Å²) < 4.78 is 0. The maximum Gasteiger partial charge on any atom is 0.328 e. The average Bonchev–Trinajstić information content (AvgIpc) is 3.05. The van der Waals surface area contributed by atoms with Crippen molar-refractivity contribution in [3.63, 3.8) is 0 Å². The zero-order valence-electron chi connectivity index (χ0n) is 13.0. The van der Waals surface area contributed by atoms with Gasteiger partial charge in [0.15, 0.2) is 0 Å². The smallest absolute Gasteiger partial charge is 0.328 e. The van der Waals surface area contributed by atoms with Gasteiger partial charge in [0.05, 0.1) is 19.8 Å². The zero-order valence-corrected chi connectivity index (χ0v) is 13.0. The minimum atomic E-state index is -1.46. The van der Waals surface area contributed by atoms with Crippen LogP contribution in [0.15, 0.2) is 0 Å². The van der Waals surface area contributed by atoms with Crippen molar-refractivity contribution >= 4 is 23.7 Å². The van der Waals surface area contributed by atoms with E-state index in [2.05, 4.69) is 5.32 Å². The van der Waals surface area contributed by atoms with E-state index in [1.807, 2.05) is 5.32 Å². The van der Waals surface area contributed by atoms with Crippen LogP contribution in [0.3, 0.4) is 0 Å². The third-order valence-electron chi connectivity index (χ3n) is 3.59. The largest absolute Gasteiger partial charge is 0.480 e. The average molecular weight is 346 g/mol. The van der Waals surface area contributed by atoms with E-state index < -0.39 is 61.6 Å². The molecule has 0 unspecified atom stereocenters. The summed E-state index contributed by atoms with van der Waals surface area (Å²) in [7, 11) is 0. The van der Waals surface area contributed by atoms with Crippen LogP contribution >= 0.6 is 0 Å². The second-order valence-electron chi connectivity index (χ2n) is 5.34. The number of carbonyl (C=O) groups excluding carboxylic acids is 3. The number of hydrogen-bond acceptors (Lipinski definition) is 7. The van der Waals surface area contributed by atoms with Gasteiger partial charge in [-0.3, -0.25) is 14.4 Å². The Bertz CT molecular complexity index is 499. The second kappa shape index (κ2) is 9.15. The highest BCUT2D eigenvalue weighted by Gasteiger charge is 2.36. The molecule has 0 aromatic heterocycles. The van der Waals surface area contributed by atoms with Crippen LogP contribution in [0.1, 0.15) is 12.8 Å². The fourth-order valence-electron chi connectivity index (χ4n) is 2.31. The van der Waals surface area contributed by atoms with Gasteiger partial charge in [0.1, 0.15) is 18.1 Å². The van der Waals surface area contributed by atoms with Crippen molar-refractivity contribution in [2.75, 3.05) is 26.3 Å². The van der Waals surface area contributed by atoms with E-state index in [4.69, 9.17) is 21.1 Å². The summed E-state index contributed by atoms with van der Waals surface area (Å²) in [6, 6.07) is -3.36. The molecule has 1 fully saturated rings. The Hall–Kier alpha value is -2.24. The van der Waals surface area contributed by atoms with Crippen LogP contribution in [0.5, 0.6) is 0 Å². The number of carboxylic acids is 1. The van der Waals surface area contributed by atoms with Gasteiger partial charge in [0.25, 0.3) is 0 Å². The zero-order chi connectivity index (χ0) is 18.3. The summed E-state index contributed by atoms with van der Waals surface area (Å²) in [6.45, 7) is -1.49.